The van der Waals surface area contributed by atoms with Crippen molar-refractivity contribution >= 4 is 39.1 Å². The van der Waals surface area contributed by atoms with Crippen LogP contribution in [-0.4, -0.2) is 4.92 Å². The van der Waals surface area contributed by atoms with E-state index in [2.05, 4.69) is 15.9 Å². The first-order valence-corrected chi connectivity index (χ1v) is 7.67. The van der Waals surface area contributed by atoms with Gasteiger partial charge in [-0.25, -0.2) is 0 Å². The topological polar surface area (TPSA) is 69.2 Å². The van der Waals surface area contributed by atoms with Crippen LogP contribution < -0.4 is 5.73 Å². The van der Waals surface area contributed by atoms with Crippen LogP contribution >= 0.6 is 27.7 Å². The number of halogens is 1. The number of nitrogens with zero attached hydrogens (tertiary/aromatic N) is 1. The van der Waals surface area contributed by atoms with Gasteiger partial charge in [-0.15, -0.1) is 11.8 Å². The first kappa shape index (κ1) is 14.9. The molecule has 0 saturated heterocycles. The number of rotatable bonds is 4. The Morgan fingerprint density at radius 1 is 1.30 bits per heavy atom. The molecule has 104 valence electrons. The monoisotopic (exact) mass is 352 g/mol. The lowest BCUT2D eigenvalue weighted by molar-refractivity contribution is -0.385. The summed E-state index contributed by atoms with van der Waals surface area (Å²) in [5.74, 6) is 0.511. The highest BCUT2D eigenvalue weighted by Gasteiger charge is 2.14. The molecule has 20 heavy (non-hydrogen) atoms. The molecule has 2 N–H and O–H groups in total. The number of nitrogens with two attached hydrogens (primary N) is 1. The fourth-order valence-electron chi connectivity index (χ4n) is 1.78. The van der Waals surface area contributed by atoms with Crippen LogP contribution in [0.5, 0.6) is 0 Å². The molecule has 2 aromatic rings. The Balaban J connectivity index is 2.20. The number of nitro groups is 1. The SMILES string of the molecule is Cc1ccc(SCc2ccc(Br)cc2[N+](=O)[O-])c(N)c1. The predicted molar refractivity (Wildman–Crippen MR) is 85.9 cm³/mol. The van der Waals surface area contributed by atoms with E-state index >= 15 is 0 Å². The summed E-state index contributed by atoms with van der Waals surface area (Å²) >= 11 is 4.75. The third kappa shape index (κ3) is 3.52. The first-order chi connectivity index (χ1) is 9.47. The molecule has 6 heteroatoms. The molecule has 0 aliphatic heterocycles. The highest BCUT2D eigenvalue weighted by molar-refractivity contribution is 9.10. The molecule has 0 amide bonds. The van der Waals surface area contributed by atoms with Gasteiger partial charge in [-0.1, -0.05) is 28.1 Å². The number of hydrogen-bond donors (Lipinski definition) is 1. The molecule has 0 saturated carbocycles. The maximum atomic E-state index is 11.0. The summed E-state index contributed by atoms with van der Waals surface area (Å²) in [6.07, 6.45) is 0. The Hall–Kier alpha value is -1.53. The number of hydrogen-bond acceptors (Lipinski definition) is 4. The number of thioether (sulfide) groups is 1. The molecule has 0 aliphatic rings. The van der Waals surface area contributed by atoms with E-state index < -0.39 is 0 Å². The van der Waals surface area contributed by atoms with Crippen molar-refractivity contribution in [3.63, 3.8) is 0 Å². The zero-order chi connectivity index (χ0) is 14.7. The van der Waals surface area contributed by atoms with Crippen molar-refractivity contribution in [1.82, 2.24) is 0 Å². The van der Waals surface area contributed by atoms with Gasteiger partial charge in [-0.2, -0.15) is 0 Å². The van der Waals surface area contributed by atoms with E-state index in [0.717, 1.165) is 10.5 Å². The summed E-state index contributed by atoms with van der Waals surface area (Å²) in [6.45, 7) is 1.98. The van der Waals surface area contributed by atoms with Gasteiger partial charge in [0.25, 0.3) is 5.69 Å². The van der Waals surface area contributed by atoms with Gasteiger partial charge < -0.3 is 5.73 Å². The molecule has 4 nitrogen and oxygen atoms in total. The van der Waals surface area contributed by atoms with Crippen LogP contribution in [-0.2, 0) is 5.75 Å². The Morgan fingerprint density at radius 2 is 2.05 bits per heavy atom. The minimum Gasteiger partial charge on any atom is -0.398 e. The van der Waals surface area contributed by atoms with Crippen molar-refractivity contribution in [3.8, 4) is 0 Å². The minimum atomic E-state index is -0.362. The Bertz CT molecular complexity index is 662. The fraction of sp³-hybridized carbons (Fsp3) is 0.143. The Labute approximate surface area is 129 Å². The van der Waals surface area contributed by atoms with Gasteiger partial charge in [0.2, 0.25) is 0 Å². The molecule has 0 aliphatic carbocycles. The molecule has 0 atom stereocenters. The molecular formula is C14H13BrN2O2S. The number of anilines is 1. The number of benzene rings is 2. The van der Waals surface area contributed by atoms with Crippen molar-refractivity contribution in [2.75, 3.05) is 5.73 Å². The molecular weight excluding hydrogens is 340 g/mol. The molecule has 0 spiro atoms. The van der Waals surface area contributed by atoms with Crippen molar-refractivity contribution in [2.45, 2.75) is 17.6 Å². The van der Waals surface area contributed by atoms with E-state index in [9.17, 15) is 10.1 Å². The molecule has 0 aromatic heterocycles. The van der Waals surface area contributed by atoms with Crippen LogP contribution in [0.4, 0.5) is 11.4 Å². The molecule has 0 radical (unpaired) electrons. The number of nitro benzene ring substituents is 1. The second-order valence-electron chi connectivity index (χ2n) is 4.36. The van der Waals surface area contributed by atoms with E-state index in [1.54, 1.807) is 12.1 Å². The summed E-state index contributed by atoms with van der Waals surface area (Å²) in [5, 5.41) is 11.0. The summed E-state index contributed by atoms with van der Waals surface area (Å²) in [6, 6.07) is 10.9. The van der Waals surface area contributed by atoms with E-state index in [1.807, 2.05) is 25.1 Å². The minimum absolute atomic E-state index is 0.123. The summed E-state index contributed by atoms with van der Waals surface area (Å²) in [5.41, 5.74) is 8.55. The van der Waals surface area contributed by atoms with Crippen molar-refractivity contribution < 1.29 is 4.92 Å². The van der Waals surface area contributed by atoms with Gasteiger partial charge in [0.05, 0.1) is 4.92 Å². The zero-order valence-corrected chi connectivity index (χ0v) is 13.2. The molecule has 2 rings (SSSR count). The zero-order valence-electron chi connectivity index (χ0n) is 10.8. The lowest BCUT2D eigenvalue weighted by atomic mass is 10.2. The average Bonchev–Trinajstić information content (AvgIpc) is 2.38. The van der Waals surface area contributed by atoms with Crippen molar-refractivity contribution in [3.05, 3.63) is 62.1 Å². The van der Waals surface area contributed by atoms with Gasteiger partial charge in [0.15, 0.2) is 0 Å². The van der Waals surface area contributed by atoms with E-state index in [-0.39, 0.29) is 10.6 Å². The molecule has 0 fully saturated rings. The van der Waals surface area contributed by atoms with Gasteiger partial charge >= 0.3 is 0 Å². The summed E-state index contributed by atoms with van der Waals surface area (Å²) < 4.78 is 0.702. The standard InChI is InChI=1S/C14H13BrN2O2S/c1-9-2-5-14(12(16)6-9)20-8-10-3-4-11(15)7-13(10)17(18)19/h2-7H,8,16H2,1H3. The van der Waals surface area contributed by atoms with E-state index in [0.29, 0.717) is 21.5 Å². The number of nitrogen functional groups attached to an aromatic ring is 1. The molecule has 0 unspecified atom stereocenters. The fourth-order valence-corrected chi connectivity index (χ4v) is 3.08. The van der Waals surface area contributed by atoms with Crippen molar-refractivity contribution in [2.24, 2.45) is 0 Å². The summed E-state index contributed by atoms with van der Waals surface area (Å²) in [4.78, 5) is 11.6. The maximum absolute atomic E-state index is 11.0. The quantitative estimate of drug-likeness (QED) is 0.379. The normalized spacial score (nSPS) is 10.5. The first-order valence-electron chi connectivity index (χ1n) is 5.89. The van der Waals surface area contributed by atoms with Crippen LogP contribution in [0.15, 0.2) is 45.8 Å². The largest absolute Gasteiger partial charge is 0.398 e. The lowest BCUT2D eigenvalue weighted by Gasteiger charge is -2.07. The number of aryl methyl sites for hydroxylation is 1. The highest BCUT2D eigenvalue weighted by Crippen LogP contribution is 2.32. The van der Waals surface area contributed by atoms with Gasteiger partial charge in [0.1, 0.15) is 0 Å². The molecule has 0 heterocycles. The van der Waals surface area contributed by atoms with Crippen LogP contribution in [0.2, 0.25) is 0 Å². The van der Waals surface area contributed by atoms with E-state index in [1.165, 1.54) is 17.8 Å². The van der Waals surface area contributed by atoms with Crippen LogP contribution in [0.25, 0.3) is 0 Å². The van der Waals surface area contributed by atoms with Crippen LogP contribution in [0, 0.1) is 17.0 Å². The van der Waals surface area contributed by atoms with Crippen LogP contribution in [0.1, 0.15) is 11.1 Å². The highest BCUT2D eigenvalue weighted by atomic mass is 79.9. The van der Waals surface area contributed by atoms with Gasteiger partial charge in [0, 0.05) is 32.4 Å². The maximum Gasteiger partial charge on any atom is 0.274 e. The molecule has 0 bridgehead atoms. The molecule has 2 aromatic carbocycles. The Morgan fingerprint density at radius 3 is 2.70 bits per heavy atom. The van der Waals surface area contributed by atoms with E-state index in [4.69, 9.17) is 5.73 Å². The van der Waals surface area contributed by atoms with Gasteiger partial charge in [-0.05, 0) is 30.7 Å². The predicted octanol–water partition coefficient (Wildman–Crippen LogP) is 4.54. The average molecular weight is 353 g/mol. The second kappa shape index (κ2) is 6.28. The Kier molecular flexibility index (Phi) is 4.67. The smallest absolute Gasteiger partial charge is 0.274 e. The van der Waals surface area contributed by atoms with Crippen molar-refractivity contribution in [1.29, 1.82) is 0 Å². The summed E-state index contributed by atoms with van der Waals surface area (Å²) in [7, 11) is 0. The van der Waals surface area contributed by atoms with Crippen LogP contribution in [0.3, 0.4) is 0 Å². The van der Waals surface area contributed by atoms with Gasteiger partial charge in [-0.3, -0.25) is 10.1 Å². The third-order valence-corrected chi connectivity index (χ3v) is 4.42. The lowest BCUT2D eigenvalue weighted by Crippen LogP contribution is -1.95. The third-order valence-electron chi connectivity index (χ3n) is 2.79. The second-order valence-corrected chi connectivity index (χ2v) is 6.29.